The van der Waals surface area contributed by atoms with Crippen LogP contribution in [0.4, 0.5) is 0 Å². The van der Waals surface area contributed by atoms with E-state index in [-0.39, 0.29) is 11.9 Å². The zero-order valence-electron chi connectivity index (χ0n) is 20.0. The molecule has 1 aliphatic heterocycles. The first kappa shape index (κ1) is 22.7. The van der Waals surface area contributed by atoms with Crippen molar-refractivity contribution in [3.8, 4) is 22.8 Å². The first-order valence-corrected chi connectivity index (χ1v) is 12.0. The van der Waals surface area contributed by atoms with Crippen LogP contribution >= 0.6 is 0 Å². The molecule has 2 heterocycles. The fourth-order valence-corrected chi connectivity index (χ4v) is 4.63. The second-order valence-corrected chi connectivity index (χ2v) is 8.67. The highest BCUT2D eigenvalue weighted by Crippen LogP contribution is 2.44. The van der Waals surface area contributed by atoms with Crippen LogP contribution < -0.4 is 9.47 Å². The van der Waals surface area contributed by atoms with Gasteiger partial charge in [0.05, 0.1) is 18.8 Å². The number of methoxy groups -OCH3 is 1. The number of hydrogen-bond donors (Lipinski definition) is 1. The summed E-state index contributed by atoms with van der Waals surface area (Å²) in [6.45, 7) is 3.25. The standard InChI is InChI=1S/C29H29N3O3/c1-3-4-17-32-28(25-26(21-13-9-6-10-14-21)30-31-27(25)29(32)33)22-15-16-23(24(18-22)34-2)35-19-20-11-7-5-8-12-20/h5-16,18,28H,3-4,17,19H2,1-2H3,(H,30,31). The summed E-state index contributed by atoms with van der Waals surface area (Å²) >= 11 is 0. The molecule has 6 nitrogen and oxygen atoms in total. The number of ether oxygens (including phenoxy) is 2. The predicted molar refractivity (Wildman–Crippen MR) is 136 cm³/mol. The largest absolute Gasteiger partial charge is 0.493 e. The van der Waals surface area contributed by atoms with E-state index in [0.29, 0.717) is 30.3 Å². The third-order valence-corrected chi connectivity index (χ3v) is 6.40. The Kier molecular flexibility index (Phi) is 6.53. The van der Waals surface area contributed by atoms with Gasteiger partial charge in [0.1, 0.15) is 12.3 Å². The fourth-order valence-electron chi connectivity index (χ4n) is 4.63. The lowest BCUT2D eigenvalue weighted by molar-refractivity contribution is 0.0741. The third-order valence-electron chi connectivity index (χ3n) is 6.40. The van der Waals surface area contributed by atoms with Crippen LogP contribution in [0.5, 0.6) is 11.5 Å². The molecule has 1 N–H and O–H groups in total. The normalized spacial score (nSPS) is 14.7. The Bertz CT molecular complexity index is 1300. The number of hydrogen-bond acceptors (Lipinski definition) is 4. The summed E-state index contributed by atoms with van der Waals surface area (Å²) in [5.74, 6) is 1.29. The van der Waals surface area contributed by atoms with Crippen molar-refractivity contribution in [2.75, 3.05) is 13.7 Å². The lowest BCUT2D eigenvalue weighted by Gasteiger charge is -2.27. The summed E-state index contributed by atoms with van der Waals surface area (Å²) in [4.78, 5) is 15.4. The minimum Gasteiger partial charge on any atom is -0.493 e. The number of fused-ring (bicyclic) bond motifs is 1. The summed E-state index contributed by atoms with van der Waals surface area (Å²) in [7, 11) is 1.64. The molecule has 0 saturated carbocycles. The highest BCUT2D eigenvalue weighted by Gasteiger charge is 2.42. The van der Waals surface area contributed by atoms with Crippen LogP contribution in [-0.4, -0.2) is 34.7 Å². The number of aromatic amines is 1. The summed E-state index contributed by atoms with van der Waals surface area (Å²) in [6.07, 6.45) is 1.93. The van der Waals surface area contributed by atoms with Crippen molar-refractivity contribution in [2.45, 2.75) is 32.4 Å². The molecule has 1 atom stereocenters. The van der Waals surface area contributed by atoms with E-state index in [1.165, 1.54) is 0 Å². The van der Waals surface area contributed by atoms with Gasteiger partial charge in [0.15, 0.2) is 11.5 Å². The van der Waals surface area contributed by atoms with Gasteiger partial charge >= 0.3 is 0 Å². The van der Waals surface area contributed by atoms with Crippen molar-refractivity contribution < 1.29 is 14.3 Å². The molecule has 0 aliphatic carbocycles. The first-order valence-electron chi connectivity index (χ1n) is 12.0. The van der Waals surface area contributed by atoms with E-state index in [9.17, 15) is 4.79 Å². The Morgan fingerprint density at radius 1 is 0.971 bits per heavy atom. The topological polar surface area (TPSA) is 67.5 Å². The Labute approximate surface area is 205 Å². The maximum Gasteiger partial charge on any atom is 0.273 e. The van der Waals surface area contributed by atoms with Gasteiger partial charge in [0.2, 0.25) is 0 Å². The molecule has 0 fully saturated rings. The van der Waals surface area contributed by atoms with E-state index >= 15 is 0 Å². The van der Waals surface area contributed by atoms with Crippen molar-refractivity contribution in [3.63, 3.8) is 0 Å². The second kappa shape index (κ2) is 10.1. The third kappa shape index (κ3) is 4.39. The molecule has 4 aromatic rings. The van der Waals surface area contributed by atoms with Crippen LogP contribution in [0.3, 0.4) is 0 Å². The minimum absolute atomic E-state index is 0.0171. The molecule has 35 heavy (non-hydrogen) atoms. The molecule has 6 heteroatoms. The van der Waals surface area contributed by atoms with E-state index in [1.807, 2.05) is 83.8 Å². The zero-order valence-corrected chi connectivity index (χ0v) is 20.0. The summed E-state index contributed by atoms with van der Waals surface area (Å²) in [6, 6.07) is 25.7. The first-order chi connectivity index (χ1) is 17.2. The number of rotatable bonds is 9. The van der Waals surface area contributed by atoms with Gasteiger partial charge in [-0.05, 0) is 29.7 Å². The van der Waals surface area contributed by atoms with Gasteiger partial charge in [0, 0.05) is 17.7 Å². The van der Waals surface area contributed by atoms with E-state index < -0.39 is 0 Å². The molecular weight excluding hydrogens is 438 g/mol. The Hall–Kier alpha value is -4.06. The van der Waals surface area contributed by atoms with Crippen molar-refractivity contribution >= 4 is 5.91 Å². The highest BCUT2D eigenvalue weighted by atomic mass is 16.5. The van der Waals surface area contributed by atoms with Gasteiger partial charge in [-0.2, -0.15) is 5.10 Å². The van der Waals surface area contributed by atoms with Crippen molar-refractivity contribution in [2.24, 2.45) is 0 Å². The average Bonchev–Trinajstić information content (AvgIpc) is 3.46. The lowest BCUT2D eigenvalue weighted by atomic mass is 9.95. The number of nitrogens with one attached hydrogen (secondary N) is 1. The van der Waals surface area contributed by atoms with Gasteiger partial charge in [-0.3, -0.25) is 9.89 Å². The molecule has 0 bridgehead atoms. The number of carbonyl (C=O) groups is 1. The van der Waals surface area contributed by atoms with Crippen LogP contribution in [0.25, 0.3) is 11.3 Å². The van der Waals surface area contributed by atoms with Gasteiger partial charge in [-0.15, -0.1) is 0 Å². The lowest BCUT2D eigenvalue weighted by Crippen LogP contribution is -2.30. The maximum atomic E-state index is 13.4. The van der Waals surface area contributed by atoms with Gasteiger partial charge in [0.25, 0.3) is 5.91 Å². The van der Waals surface area contributed by atoms with E-state index in [1.54, 1.807) is 7.11 Å². The quantitative estimate of drug-likeness (QED) is 0.327. The number of amides is 1. The Morgan fingerprint density at radius 3 is 2.43 bits per heavy atom. The van der Waals surface area contributed by atoms with Gasteiger partial charge < -0.3 is 14.4 Å². The summed E-state index contributed by atoms with van der Waals surface area (Å²) in [5, 5.41) is 7.57. The minimum atomic E-state index is -0.255. The van der Waals surface area contributed by atoms with E-state index in [0.717, 1.165) is 40.8 Å². The van der Waals surface area contributed by atoms with Crippen molar-refractivity contribution in [1.82, 2.24) is 15.1 Å². The second-order valence-electron chi connectivity index (χ2n) is 8.67. The van der Waals surface area contributed by atoms with Crippen molar-refractivity contribution in [1.29, 1.82) is 0 Å². The number of benzene rings is 3. The van der Waals surface area contributed by atoms with Crippen LogP contribution in [0, 0.1) is 0 Å². The van der Waals surface area contributed by atoms with Crippen molar-refractivity contribution in [3.05, 3.63) is 101 Å². The van der Waals surface area contributed by atoms with Crippen LogP contribution in [0.1, 0.15) is 53.0 Å². The number of unbranched alkanes of at least 4 members (excludes halogenated alkanes) is 1. The Balaban J connectivity index is 1.53. The fraction of sp³-hybridized carbons (Fsp3) is 0.241. The smallest absolute Gasteiger partial charge is 0.273 e. The van der Waals surface area contributed by atoms with Gasteiger partial charge in [-0.25, -0.2) is 0 Å². The maximum absolute atomic E-state index is 13.4. The molecule has 178 valence electrons. The molecule has 3 aromatic carbocycles. The van der Waals surface area contributed by atoms with Crippen LogP contribution in [0.2, 0.25) is 0 Å². The van der Waals surface area contributed by atoms with E-state index in [2.05, 4.69) is 17.1 Å². The number of carbonyl (C=O) groups excluding carboxylic acids is 1. The highest BCUT2D eigenvalue weighted by molar-refractivity contribution is 6.00. The molecule has 1 unspecified atom stereocenters. The number of aromatic nitrogens is 2. The monoisotopic (exact) mass is 467 g/mol. The molecule has 1 aromatic heterocycles. The van der Waals surface area contributed by atoms with E-state index in [4.69, 9.17) is 9.47 Å². The average molecular weight is 468 g/mol. The molecule has 0 saturated heterocycles. The van der Waals surface area contributed by atoms with Crippen LogP contribution in [0.15, 0.2) is 78.9 Å². The van der Waals surface area contributed by atoms with Gasteiger partial charge in [-0.1, -0.05) is 80.1 Å². The summed E-state index contributed by atoms with van der Waals surface area (Å²) in [5.41, 5.74) is 5.32. The Morgan fingerprint density at radius 2 is 1.71 bits per heavy atom. The molecular formula is C29H29N3O3. The number of nitrogens with zero attached hydrogens (tertiary/aromatic N) is 2. The molecule has 1 amide bonds. The molecule has 1 aliphatic rings. The SMILES string of the molecule is CCCCN1C(=O)c2[nH]nc(-c3ccccc3)c2C1c1ccc(OCc2ccccc2)c(OC)c1. The molecule has 0 spiro atoms. The predicted octanol–water partition coefficient (Wildman–Crippen LogP) is 6.01. The molecule has 5 rings (SSSR count). The molecule has 0 radical (unpaired) electrons. The zero-order chi connectivity index (χ0) is 24.2. The van der Waals surface area contributed by atoms with Crippen LogP contribution in [-0.2, 0) is 6.61 Å². The number of H-pyrrole nitrogens is 1. The summed E-state index contributed by atoms with van der Waals surface area (Å²) < 4.78 is 11.8.